The van der Waals surface area contributed by atoms with Crippen molar-refractivity contribution in [3.05, 3.63) is 73.1 Å². The molecule has 2 aromatic heterocycles. The number of hydrogen-bond donors (Lipinski definition) is 1. The Morgan fingerprint density at radius 2 is 2.11 bits per heavy atom. The van der Waals surface area contributed by atoms with Crippen LogP contribution in [0.2, 0.25) is 0 Å². The quantitative estimate of drug-likeness (QED) is 0.816. The van der Waals surface area contributed by atoms with Crippen LogP contribution >= 0.6 is 22.7 Å². The highest BCUT2D eigenvalue weighted by Gasteiger charge is 2.38. The van der Waals surface area contributed by atoms with Crippen molar-refractivity contribution in [3.8, 4) is 6.07 Å². The Morgan fingerprint density at radius 1 is 1.30 bits per heavy atom. The molecule has 0 bridgehead atoms. The van der Waals surface area contributed by atoms with Crippen molar-refractivity contribution in [2.75, 3.05) is 19.6 Å². The van der Waals surface area contributed by atoms with Gasteiger partial charge in [-0.15, -0.1) is 22.7 Å². The number of thiophene rings is 2. The molecule has 0 spiro atoms. The molecule has 0 fully saturated rings. The lowest BCUT2D eigenvalue weighted by Crippen LogP contribution is -2.38. The third-order valence-corrected chi connectivity index (χ3v) is 6.59. The fourth-order valence-corrected chi connectivity index (χ4v) is 5.29. The minimum Gasteiger partial charge on any atom is -0.440 e. The smallest absolute Gasteiger partial charge is 0.205 e. The Labute approximate surface area is 167 Å². The summed E-state index contributed by atoms with van der Waals surface area (Å²) in [6.45, 7) is 4.83. The van der Waals surface area contributed by atoms with E-state index in [4.69, 9.17) is 10.5 Å². The summed E-state index contributed by atoms with van der Waals surface area (Å²) in [5, 5.41) is 13.9. The summed E-state index contributed by atoms with van der Waals surface area (Å²) in [5.41, 5.74) is 8.98. The van der Waals surface area contributed by atoms with Gasteiger partial charge in [0.05, 0.1) is 5.92 Å². The van der Waals surface area contributed by atoms with Gasteiger partial charge in [0.2, 0.25) is 5.88 Å². The molecule has 4 nitrogen and oxygen atoms in total. The second kappa shape index (κ2) is 7.73. The van der Waals surface area contributed by atoms with Gasteiger partial charge in [0, 0.05) is 34.0 Å². The van der Waals surface area contributed by atoms with Crippen molar-refractivity contribution >= 4 is 28.7 Å². The first-order valence-electron chi connectivity index (χ1n) is 9.02. The van der Waals surface area contributed by atoms with Crippen molar-refractivity contribution < 1.29 is 4.74 Å². The molecular weight excluding hydrogens is 374 g/mol. The molecule has 0 saturated carbocycles. The predicted octanol–water partition coefficient (Wildman–Crippen LogP) is 4.68. The highest BCUT2D eigenvalue weighted by molar-refractivity contribution is 7.10. The fourth-order valence-electron chi connectivity index (χ4n) is 3.74. The van der Waals surface area contributed by atoms with E-state index in [0.29, 0.717) is 5.57 Å². The van der Waals surface area contributed by atoms with Crippen molar-refractivity contribution in [1.29, 1.82) is 5.26 Å². The molecule has 6 heteroatoms. The molecule has 2 aromatic rings. The zero-order valence-corrected chi connectivity index (χ0v) is 16.8. The first-order valence-corrected chi connectivity index (χ1v) is 10.8. The van der Waals surface area contributed by atoms with Crippen LogP contribution in [0.25, 0.3) is 6.08 Å². The summed E-state index contributed by atoms with van der Waals surface area (Å²) in [6.07, 6.45) is 3.28. The van der Waals surface area contributed by atoms with E-state index in [9.17, 15) is 5.26 Å². The molecule has 4 heterocycles. The van der Waals surface area contributed by atoms with E-state index in [-0.39, 0.29) is 11.8 Å². The van der Waals surface area contributed by atoms with Crippen LogP contribution in [0.4, 0.5) is 0 Å². The number of allylic oxidation sites excluding steroid dienone is 1. The summed E-state index contributed by atoms with van der Waals surface area (Å²) in [6, 6.07) is 10.6. The summed E-state index contributed by atoms with van der Waals surface area (Å²) >= 11 is 3.37. The van der Waals surface area contributed by atoms with Crippen LogP contribution in [0.1, 0.15) is 29.0 Å². The molecule has 0 aliphatic carbocycles. The molecule has 0 amide bonds. The molecule has 2 aliphatic rings. The van der Waals surface area contributed by atoms with E-state index >= 15 is 0 Å². The molecule has 0 radical (unpaired) electrons. The summed E-state index contributed by atoms with van der Waals surface area (Å²) < 4.78 is 6.04. The molecule has 4 rings (SSSR count). The number of nitrogens with two attached hydrogens (primary N) is 1. The van der Waals surface area contributed by atoms with Crippen molar-refractivity contribution in [1.82, 2.24) is 4.90 Å². The maximum atomic E-state index is 9.75. The van der Waals surface area contributed by atoms with Gasteiger partial charge in [-0.25, -0.2) is 0 Å². The molecule has 0 saturated heterocycles. The van der Waals surface area contributed by atoms with Crippen molar-refractivity contribution in [2.24, 2.45) is 5.73 Å². The lowest BCUT2D eigenvalue weighted by atomic mass is 9.83. The standard InChI is InChI=1S/C21H21N3OS2/c1-2-7-24-12-14(10-15-5-3-8-26-15)20-17(13-24)19(18-6-4-9-27-18)16(11-22)21(23)25-20/h3-6,8-10,19H,2,7,12-13,23H2,1H3/b14-10+. The van der Waals surface area contributed by atoms with Gasteiger partial charge in [-0.05, 0) is 41.9 Å². The zero-order chi connectivity index (χ0) is 18.8. The van der Waals surface area contributed by atoms with E-state index in [1.165, 1.54) is 4.88 Å². The van der Waals surface area contributed by atoms with E-state index in [1.54, 1.807) is 22.7 Å². The van der Waals surface area contributed by atoms with E-state index in [1.807, 2.05) is 11.4 Å². The maximum absolute atomic E-state index is 9.75. The molecule has 1 unspecified atom stereocenters. The van der Waals surface area contributed by atoms with Crippen LogP contribution in [0.5, 0.6) is 0 Å². The van der Waals surface area contributed by atoms with Gasteiger partial charge in [-0.3, -0.25) is 4.90 Å². The van der Waals surface area contributed by atoms with Crippen LogP contribution in [0, 0.1) is 11.3 Å². The topological polar surface area (TPSA) is 62.3 Å². The number of hydrogen-bond acceptors (Lipinski definition) is 6. The third-order valence-electron chi connectivity index (χ3n) is 4.83. The van der Waals surface area contributed by atoms with Crippen LogP contribution in [-0.4, -0.2) is 24.5 Å². The highest BCUT2D eigenvalue weighted by atomic mass is 32.1. The molecule has 138 valence electrons. The first kappa shape index (κ1) is 18.1. The van der Waals surface area contributed by atoms with Gasteiger partial charge in [0.25, 0.3) is 0 Å². The van der Waals surface area contributed by atoms with Gasteiger partial charge < -0.3 is 10.5 Å². The van der Waals surface area contributed by atoms with Gasteiger partial charge in [0.15, 0.2) is 0 Å². The van der Waals surface area contributed by atoms with Gasteiger partial charge in [0.1, 0.15) is 17.4 Å². The van der Waals surface area contributed by atoms with Crippen LogP contribution in [0.3, 0.4) is 0 Å². The minimum atomic E-state index is -0.120. The summed E-state index contributed by atoms with van der Waals surface area (Å²) in [5.74, 6) is 0.964. The molecule has 1 atom stereocenters. The Hall–Kier alpha value is -2.33. The highest BCUT2D eigenvalue weighted by Crippen LogP contribution is 2.45. The molecule has 2 N–H and O–H groups in total. The third kappa shape index (κ3) is 3.46. The van der Waals surface area contributed by atoms with E-state index in [2.05, 4.69) is 47.5 Å². The Kier molecular flexibility index (Phi) is 5.17. The largest absolute Gasteiger partial charge is 0.440 e. The predicted molar refractivity (Wildman–Crippen MR) is 111 cm³/mol. The second-order valence-electron chi connectivity index (χ2n) is 6.69. The van der Waals surface area contributed by atoms with E-state index < -0.39 is 0 Å². The molecular formula is C21H21N3OS2. The number of nitrogens with zero attached hydrogens (tertiary/aromatic N) is 2. The number of ether oxygens (including phenoxy) is 1. The van der Waals surface area contributed by atoms with Crippen LogP contribution < -0.4 is 5.73 Å². The van der Waals surface area contributed by atoms with Crippen LogP contribution in [-0.2, 0) is 4.74 Å². The monoisotopic (exact) mass is 395 g/mol. The SMILES string of the molecule is CCCN1CC2=C(OC(N)=C(C#N)C2c2cccs2)/C(=C/c2cccs2)C1. The van der Waals surface area contributed by atoms with Crippen molar-refractivity contribution in [3.63, 3.8) is 0 Å². The second-order valence-corrected chi connectivity index (χ2v) is 8.65. The molecule has 2 aliphatic heterocycles. The minimum absolute atomic E-state index is 0.120. The average molecular weight is 396 g/mol. The molecule has 0 aromatic carbocycles. The zero-order valence-electron chi connectivity index (χ0n) is 15.1. The maximum Gasteiger partial charge on any atom is 0.205 e. The summed E-state index contributed by atoms with van der Waals surface area (Å²) in [4.78, 5) is 4.76. The lowest BCUT2D eigenvalue weighted by molar-refractivity contribution is 0.234. The Balaban J connectivity index is 1.85. The average Bonchev–Trinajstić information content (AvgIpc) is 3.35. The lowest BCUT2D eigenvalue weighted by Gasteiger charge is -2.37. The van der Waals surface area contributed by atoms with Gasteiger partial charge >= 0.3 is 0 Å². The van der Waals surface area contributed by atoms with Gasteiger partial charge in [-0.1, -0.05) is 19.1 Å². The van der Waals surface area contributed by atoms with Crippen LogP contribution in [0.15, 0.2) is 63.4 Å². The fraction of sp³-hybridized carbons (Fsp3) is 0.286. The normalized spacial score (nSPS) is 21.9. The summed E-state index contributed by atoms with van der Waals surface area (Å²) in [7, 11) is 0. The number of rotatable bonds is 4. The molecule has 27 heavy (non-hydrogen) atoms. The van der Waals surface area contributed by atoms with Gasteiger partial charge in [-0.2, -0.15) is 5.26 Å². The Bertz CT molecular complexity index is 946. The number of nitriles is 1. The first-order chi connectivity index (χ1) is 13.2. The van der Waals surface area contributed by atoms with E-state index in [0.717, 1.165) is 47.8 Å². The van der Waals surface area contributed by atoms with Crippen molar-refractivity contribution in [2.45, 2.75) is 19.3 Å². The Morgan fingerprint density at radius 3 is 2.78 bits per heavy atom.